The Balaban J connectivity index is 1.34. The number of carbonyl (C=O) groups is 1. The molecular weight excluding hydrogens is 360 g/mol. The predicted octanol–water partition coefficient (Wildman–Crippen LogP) is 3.98. The van der Waals surface area contributed by atoms with Gasteiger partial charge in [-0.2, -0.15) is 0 Å². The van der Waals surface area contributed by atoms with Crippen LogP contribution in [0.1, 0.15) is 24.0 Å². The molecule has 1 aromatic heterocycles. The molecule has 2 aromatic carbocycles. The highest BCUT2D eigenvalue weighted by Crippen LogP contribution is 2.25. The zero-order valence-electron chi connectivity index (χ0n) is 16.7. The molecule has 0 aliphatic carbocycles. The highest BCUT2D eigenvalue weighted by molar-refractivity contribution is 5.79. The molecule has 1 amide bonds. The Hall–Kier alpha value is -3.21. The van der Waals surface area contributed by atoms with Crippen LogP contribution in [0.2, 0.25) is 0 Å². The largest absolute Gasteiger partial charge is 0.356 e. The van der Waals surface area contributed by atoms with Gasteiger partial charge in [0.2, 0.25) is 5.91 Å². The molecule has 5 heteroatoms. The van der Waals surface area contributed by atoms with Crippen molar-refractivity contribution in [1.82, 2.24) is 15.3 Å². The van der Waals surface area contributed by atoms with Gasteiger partial charge in [0.25, 0.3) is 0 Å². The number of rotatable bonds is 5. The summed E-state index contributed by atoms with van der Waals surface area (Å²) in [7, 11) is 0. The number of piperidine rings is 1. The van der Waals surface area contributed by atoms with Gasteiger partial charge in [-0.15, -0.1) is 0 Å². The van der Waals surface area contributed by atoms with Crippen LogP contribution < -0.4 is 10.2 Å². The van der Waals surface area contributed by atoms with E-state index in [1.807, 2.05) is 36.4 Å². The van der Waals surface area contributed by atoms with E-state index in [0.29, 0.717) is 6.54 Å². The molecule has 1 N–H and O–H groups in total. The van der Waals surface area contributed by atoms with E-state index in [2.05, 4.69) is 51.4 Å². The molecule has 5 nitrogen and oxygen atoms in total. The predicted molar refractivity (Wildman–Crippen MR) is 115 cm³/mol. The molecule has 3 aromatic rings. The van der Waals surface area contributed by atoms with Crippen LogP contribution in [0.15, 0.2) is 67.0 Å². The minimum absolute atomic E-state index is 0.0633. The fourth-order valence-electron chi connectivity index (χ4n) is 3.70. The molecule has 29 heavy (non-hydrogen) atoms. The van der Waals surface area contributed by atoms with Gasteiger partial charge in [-0.25, -0.2) is 9.97 Å². The van der Waals surface area contributed by atoms with Crippen LogP contribution in [0.4, 0.5) is 5.82 Å². The van der Waals surface area contributed by atoms with Gasteiger partial charge in [0.15, 0.2) is 0 Å². The number of amides is 1. The molecule has 1 aliphatic heterocycles. The Labute approximate surface area is 171 Å². The fraction of sp³-hybridized carbons (Fsp3) is 0.292. The van der Waals surface area contributed by atoms with Crippen LogP contribution in [0.5, 0.6) is 0 Å². The molecule has 0 atom stereocenters. The molecule has 1 aliphatic rings. The minimum Gasteiger partial charge on any atom is -0.356 e. The average molecular weight is 386 g/mol. The second-order valence-corrected chi connectivity index (χ2v) is 7.59. The number of benzene rings is 2. The van der Waals surface area contributed by atoms with Gasteiger partial charge < -0.3 is 10.2 Å². The van der Waals surface area contributed by atoms with Gasteiger partial charge in [0, 0.05) is 37.2 Å². The number of nitrogens with zero attached hydrogens (tertiary/aromatic N) is 3. The summed E-state index contributed by atoms with van der Waals surface area (Å²) in [6, 6.07) is 20.4. The lowest BCUT2D eigenvalue weighted by Gasteiger charge is -2.32. The quantitative estimate of drug-likeness (QED) is 0.720. The second-order valence-electron chi connectivity index (χ2n) is 7.59. The zero-order valence-corrected chi connectivity index (χ0v) is 16.7. The normalized spacial score (nSPS) is 14.6. The molecule has 0 spiro atoms. The van der Waals surface area contributed by atoms with E-state index in [1.54, 1.807) is 6.33 Å². The number of anilines is 1. The lowest BCUT2D eigenvalue weighted by Crippen LogP contribution is -2.40. The molecule has 148 valence electrons. The second kappa shape index (κ2) is 8.86. The van der Waals surface area contributed by atoms with E-state index in [9.17, 15) is 4.79 Å². The highest BCUT2D eigenvalue weighted by atomic mass is 16.1. The molecule has 0 bridgehead atoms. The minimum atomic E-state index is 0.0633. The summed E-state index contributed by atoms with van der Waals surface area (Å²) in [6.45, 7) is 4.32. The van der Waals surface area contributed by atoms with Gasteiger partial charge in [-0.1, -0.05) is 60.2 Å². The average Bonchev–Trinajstić information content (AvgIpc) is 2.79. The first kappa shape index (κ1) is 19.1. The van der Waals surface area contributed by atoms with Crippen LogP contribution in [-0.2, 0) is 11.3 Å². The van der Waals surface area contributed by atoms with E-state index < -0.39 is 0 Å². The molecular formula is C24H26N4O. The van der Waals surface area contributed by atoms with Gasteiger partial charge >= 0.3 is 0 Å². The number of aryl methyl sites for hydroxylation is 1. The van der Waals surface area contributed by atoms with Crippen molar-refractivity contribution in [3.05, 3.63) is 78.1 Å². The summed E-state index contributed by atoms with van der Waals surface area (Å²) in [5.41, 5.74) is 4.38. The Morgan fingerprint density at radius 2 is 1.76 bits per heavy atom. The lowest BCUT2D eigenvalue weighted by molar-refractivity contribution is -0.125. The maximum Gasteiger partial charge on any atom is 0.223 e. The van der Waals surface area contributed by atoms with E-state index in [-0.39, 0.29) is 11.8 Å². The van der Waals surface area contributed by atoms with E-state index in [0.717, 1.165) is 48.6 Å². The van der Waals surface area contributed by atoms with Crippen molar-refractivity contribution in [2.45, 2.75) is 26.3 Å². The first-order chi connectivity index (χ1) is 14.2. The topological polar surface area (TPSA) is 58.1 Å². The van der Waals surface area contributed by atoms with Crippen LogP contribution in [0.25, 0.3) is 11.3 Å². The molecule has 1 saturated heterocycles. The zero-order chi connectivity index (χ0) is 20.1. The number of carbonyl (C=O) groups excluding carboxylic acids is 1. The van der Waals surface area contributed by atoms with E-state index in [4.69, 9.17) is 0 Å². The Bertz CT molecular complexity index is 948. The van der Waals surface area contributed by atoms with Crippen molar-refractivity contribution >= 4 is 11.7 Å². The first-order valence-electron chi connectivity index (χ1n) is 10.1. The smallest absolute Gasteiger partial charge is 0.223 e. The SMILES string of the molecule is Cc1ccc(-c2cc(N3CCC(C(=O)NCc4ccccc4)CC3)ncn2)cc1. The van der Waals surface area contributed by atoms with Gasteiger partial charge in [0.05, 0.1) is 5.69 Å². The summed E-state index contributed by atoms with van der Waals surface area (Å²) in [4.78, 5) is 23.7. The van der Waals surface area contributed by atoms with Crippen LogP contribution >= 0.6 is 0 Å². The van der Waals surface area contributed by atoms with Gasteiger partial charge in [-0.3, -0.25) is 4.79 Å². The Morgan fingerprint density at radius 1 is 1.03 bits per heavy atom. The summed E-state index contributed by atoms with van der Waals surface area (Å²) >= 11 is 0. The molecule has 1 fully saturated rings. The monoisotopic (exact) mass is 386 g/mol. The van der Waals surface area contributed by atoms with Crippen molar-refractivity contribution in [2.75, 3.05) is 18.0 Å². The molecule has 0 saturated carbocycles. The summed E-state index contributed by atoms with van der Waals surface area (Å²) in [6.07, 6.45) is 3.30. The van der Waals surface area contributed by atoms with Crippen LogP contribution in [0, 0.1) is 12.8 Å². The Kier molecular flexibility index (Phi) is 5.84. The third kappa shape index (κ3) is 4.80. The number of aromatic nitrogens is 2. The molecule has 4 rings (SSSR count). The standard InChI is InChI=1S/C24H26N4O/c1-18-7-9-20(10-8-18)22-15-23(27-17-26-22)28-13-11-21(12-14-28)24(29)25-16-19-5-3-2-4-6-19/h2-10,15,17,21H,11-14,16H2,1H3,(H,25,29). The lowest BCUT2D eigenvalue weighted by atomic mass is 9.95. The summed E-state index contributed by atoms with van der Waals surface area (Å²) in [5, 5.41) is 3.08. The molecule has 2 heterocycles. The highest BCUT2D eigenvalue weighted by Gasteiger charge is 2.25. The van der Waals surface area contributed by atoms with E-state index in [1.165, 1.54) is 5.56 Å². The maximum atomic E-state index is 12.5. The fourth-order valence-corrected chi connectivity index (χ4v) is 3.70. The third-order valence-electron chi connectivity index (χ3n) is 5.50. The number of hydrogen-bond acceptors (Lipinski definition) is 4. The third-order valence-corrected chi connectivity index (χ3v) is 5.50. The first-order valence-corrected chi connectivity index (χ1v) is 10.1. The van der Waals surface area contributed by atoms with E-state index >= 15 is 0 Å². The van der Waals surface area contributed by atoms with Crippen molar-refractivity contribution in [3.63, 3.8) is 0 Å². The number of nitrogens with one attached hydrogen (secondary N) is 1. The Morgan fingerprint density at radius 3 is 2.48 bits per heavy atom. The summed E-state index contributed by atoms with van der Waals surface area (Å²) < 4.78 is 0. The van der Waals surface area contributed by atoms with Crippen molar-refractivity contribution in [3.8, 4) is 11.3 Å². The van der Waals surface area contributed by atoms with Crippen LogP contribution in [0.3, 0.4) is 0 Å². The number of hydrogen-bond donors (Lipinski definition) is 1. The van der Waals surface area contributed by atoms with Crippen molar-refractivity contribution in [1.29, 1.82) is 0 Å². The van der Waals surface area contributed by atoms with Gasteiger partial charge in [0.1, 0.15) is 12.1 Å². The van der Waals surface area contributed by atoms with Crippen LogP contribution in [-0.4, -0.2) is 29.0 Å². The van der Waals surface area contributed by atoms with Crippen molar-refractivity contribution in [2.24, 2.45) is 5.92 Å². The summed E-state index contributed by atoms with van der Waals surface area (Å²) in [5.74, 6) is 1.14. The molecule has 0 radical (unpaired) electrons. The van der Waals surface area contributed by atoms with Gasteiger partial charge in [-0.05, 0) is 25.3 Å². The molecule has 0 unspecified atom stereocenters. The van der Waals surface area contributed by atoms with Crippen molar-refractivity contribution < 1.29 is 4.79 Å². The maximum absolute atomic E-state index is 12.5.